The third-order valence-corrected chi connectivity index (χ3v) is 3.53. The molecule has 0 unspecified atom stereocenters. The summed E-state index contributed by atoms with van der Waals surface area (Å²) in [5.74, 6) is 0. The third kappa shape index (κ3) is 7.32. The zero-order valence-corrected chi connectivity index (χ0v) is 15.0. The normalized spacial score (nSPS) is 12.5. The first-order chi connectivity index (χ1) is 9.59. The maximum absolute atomic E-state index is 11.9. The molecule has 4 heteroatoms. The minimum atomic E-state index is -0.247. The van der Waals surface area contributed by atoms with Crippen LogP contribution in [0.3, 0.4) is 0 Å². The molecule has 2 N–H and O–H groups in total. The van der Waals surface area contributed by atoms with Gasteiger partial charge in [-0.25, -0.2) is 4.79 Å². The molecule has 0 fully saturated rings. The van der Waals surface area contributed by atoms with E-state index in [0.717, 1.165) is 16.5 Å². The van der Waals surface area contributed by atoms with Crippen molar-refractivity contribution in [2.24, 2.45) is 5.41 Å². The van der Waals surface area contributed by atoms with Crippen molar-refractivity contribution in [1.29, 1.82) is 0 Å². The van der Waals surface area contributed by atoms with Crippen LogP contribution >= 0.6 is 15.9 Å². The first-order valence-electron chi connectivity index (χ1n) is 7.09. The molecule has 0 heterocycles. The van der Waals surface area contributed by atoms with Crippen molar-refractivity contribution in [2.45, 2.75) is 46.6 Å². The Kier molecular flexibility index (Phi) is 6.02. The molecule has 0 aliphatic rings. The van der Waals surface area contributed by atoms with Gasteiger partial charge >= 0.3 is 6.03 Å². The molecule has 1 rings (SSSR count). The van der Waals surface area contributed by atoms with Crippen LogP contribution in [0, 0.1) is 5.41 Å². The molecule has 0 radical (unpaired) electrons. The largest absolute Gasteiger partial charge is 0.333 e. The lowest BCUT2D eigenvalue weighted by Gasteiger charge is -2.33. The highest BCUT2D eigenvalue weighted by Gasteiger charge is 2.26. The van der Waals surface area contributed by atoms with Gasteiger partial charge in [0.15, 0.2) is 0 Å². The van der Waals surface area contributed by atoms with Gasteiger partial charge in [-0.2, -0.15) is 0 Å². The molecule has 1 aromatic rings. The zero-order chi connectivity index (χ0) is 16.1. The molecule has 0 bridgehead atoms. The molecule has 0 saturated heterocycles. The quantitative estimate of drug-likeness (QED) is 0.791. The lowest BCUT2D eigenvalue weighted by molar-refractivity contribution is 0.213. The molecule has 3 nitrogen and oxygen atoms in total. The van der Waals surface area contributed by atoms with Crippen molar-refractivity contribution in [3.8, 4) is 0 Å². The van der Waals surface area contributed by atoms with E-state index in [-0.39, 0.29) is 17.0 Å². The van der Waals surface area contributed by atoms with E-state index in [1.807, 2.05) is 44.2 Å². The molecule has 1 aromatic carbocycles. The Hall–Kier alpha value is -1.29. The maximum atomic E-state index is 11.9. The molecule has 0 aliphatic heterocycles. The number of halogens is 1. The highest BCUT2D eigenvalue weighted by Crippen LogP contribution is 2.26. The molecule has 0 atom stereocenters. The van der Waals surface area contributed by atoms with Crippen LogP contribution in [0.25, 0.3) is 6.08 Å². The number of carbonyl (C=O) groups excluding carboxylic acids is 1. The van der Waals surface area contributed by atoms with Gasteiger partial charge in [0, 0.05) is 16.2 Å². The topological polar surface area (TPSA) is 41.1 Å². The molecule has 116 valence electrons. The van der Waals surface area contributed by atoms with E-state index in [1.165, 1.54) is 0 Å². The minimum absolute atomic E-state index is 0.168. The highest BCUT2D eigenvalue weighted by molar-refractivity contribution is 9.10. The van der Waals surface area contributed by atoms with Crippen LogP contribution in [0.4, 0.5) is 4.79 Å². The average Bonchev–Trinajstić information content (AvgIpc) is 2.27. The lowest BCUT2D eigenvalue weighted by Crippen LogP contribution is -2.48. The Morgan fingerprint density at radius 3 is 2.38 bits per heavy atom. The summed E-state index contributed by atoms with van der Waals surface area (Å²) >= 11 is 3.47. The van der Waals surface area contributed by atoms with Gasteiger partial charge in [-0.1, -0.05) is 54.9 Å². The van der Waals surface area contributed by atoms with Crippen molar-refractivity contribution in [3.63, 3.8) is 0 Å². The second kappa shape index (κ2) is 7.12. The maximum Gasteiger partial charge on any atom is 0.319 e. The number of rotatable bonds is 4. The van der Waals surface area contributed by atoms with Gasteiger partial charge in [0.05, 0.1) is 0 Å². The Labute approximate surface area is 136 Å². The summed E-state index contributed by atoms with van der Waals surface area (Å²) < 4.78 is 0.997. The summed E-state index contributed by atoms with van der Waals surface area (Å²) in [5, 5.41) is 5.75. The Morgan fingerprint density at radius 1 is 1.19 bits per heavy atom. The smallest absolute Gasteiger partial charge is 0.319 e. The fourth-order valence-electron chi connectivity index (χ4n) is 2.53. The van der Waals surface area contributed by atoms with Crippen molar-refractivity contribution in [3.05, 3.63) is 40.5 Å². The number of carbonyl (C=O) groups is 1. The van der Waals surface area contributed by atoms with E-state index < -0.39 is 0 Å². The summed E-state index contributed by atoms with van der Waals surface area (Å²) in [6, 6.07) is 7.66. The van der Waals surface area contributed by atoms with Crippen LogP contribution in [0.1, 0.15) is 46.6 Å². The van der Waals surface area contributed by atoms with E-state index in [4.69, 9.17) is 0 Å². The minimum Gasteiger partial charge on any atom is -0.333 e. The van der Waals surface area contributed by atoms with Gasteiger partial charge in [-0.15, -0.1) is 0 Å². The van der Waals surface area contributed by atoms with Crippen molar-refractivity contribution >= 4 is 28.0 Å². The van der Waals surface area contributed by atoms with Gasteiger partial charge in [0.2, 0.25) is 0 Å². The molecule has 0 aromatic heterocycles. The molecule has 0 aliphatic carbocycles. The number of urea groups is 1. The van der Waals surface area contributed by atoms with Crippen molar-refractivity contribution in [1.82, 2.24) is 10.6 Å². The Bertz CT molecular complexity index is 516. The SMILES string of the molecule is CC(C)(C)CC(C)(C)NC(=O)N/C=C/c1ccccc1Br. The third-order valence-electron chi connectivity index (χ3n) is 2.81. The second-order valence-corrected chi connectivity index (χ2v) is 7.93. The lowest BCUT2D eigenvalue weighted by atomic mass is 9.82. The van der Waals surface area contributed by atoms with Crippen LogP contribution in [0.2, 0.25) is 0 Å². The number of hydrogen-bond acceptors (Lipinski definition) is 1. The number of nitrogens with one attached hydrogen (secondary N) is 2. The summed E-state index contributed by atoms with van der Waals surface area (Å²) in [4.78, 5) is 11.9. The zero-order valence-electron chi connectivity index (χ0n) is 13.5. The van der Waals surface area contributed by atoms with E-state index >= 15 is 0 Å². The average molecular weight is 353 g/mol. The van der Waals surface area contributed by atoms with Gasteiger partial charge in [-0.3, -0.25) is 0 Å². The predicted molar refractivity (Wildman–Crippen MR) is 93.0 cm³/mol. The van der Waals surface area contributed by atoms with Crippen molar-refractivity contribution in [2.75, 3.05) is 0 Å². The molecule has 0 spiro atoms. The summed E-state index contributed by atoms with van der Waals surface area (Å²) in [7, 11) is 0. The van der Waals surface area contributed by atoms with Crippen LogP contribution in [-0.4, -0.2) is 11.6 Å². The first-order valence-corrected chi connectivity index (χ1v) is 7.88. The van der Waals surface area contributed by atoms with Crippen LogP contribution in [0.5, 0.6) is 0 Å². The van der Waals surface area contributed by atoms with Crippen LogP contribution in [-0.2, 0) is 0 Å². The Balaban J connectivity index is 2.53. The number of amides is 2. The highest BCUT2D eigenvalue weighted by atomic mass is 79.9. The molecular weight excluding hydrogens is 328 g/mol. The summed E-state index contributed by atoms with van der Waals surface area (Å²) in [5.41, 5.74) is 0.942. The van der Waals surface area contributed by atoms with E-state index in [9.17, 15) is 4.79 Å². The monoisotopic (exact) mass is 352 g/mol. The molecule has 21 heavy (non-hydrogen) atoms. The predicted octanol–water partition coefficient (Wildman–Crippen LogP) is 4.93. The van der Waals surface area contributed by atoms with E-state index in [2.05, 4.69) is 47.3 Å². The standard InChI is InChI=1S/C17H25BrN2O/c1-16(2,3)12-17(4,5)20-15(21)19-11-10-13-8-6-7-9-14(13)18/h6-11H,12H2,1-5H3,(H2,19,20,21)/b11-10+. The van der Waals surface area contributed by atoms with Gasteiger partial charge in [0.25, 0.3) is 0 Å². The molecular formula is C17H25BrN2O. The fraction of sp³-hybridized carbons (Fsp3) is 0.471. The van der Waals surface area contributed by atoms with Gasteiger partial charge in [0.1, 0.15) is 0 Å². The van der Waals surface area contributed by atoms with Crippen LogP contribution < -0.4 is 10.6 Å². The van der Waals surface area contributed by atoms with E-state index in [0.29, 0.717) is 0 Å². The van der Waals surface area contributed by atoms with Gasteiger partial charge in [-0.05, 0) is 43.4 Å². The van der Waals surface area contributed by atoms with Crippen LogP contribution in [0.15, 0.2) is 34.9 Å². The molecule has 2 amide bonds. The second-order valence-electron chi connectivity index (χ2n) is 7.07. The first kappa shape index (κ1) is 17.8. The summed E-state index contributed by atoms with van der Waals surface area (Å²) in [6.45, 7) is 10.6. The van der Waals surface area contributed by atoms with Crippen molar-refractivity contribution < 1.29 is 4.79 Å². The molecule has 0 saturated carbocycles. The summed E-state index contributed by atoms with van der Waals surface area (Å²) in [6.07, 6.45) is 4.42. The number of hydrogen-bond donors (Lipinski definition) is 2. The Morgan fingerprint density at radius 2 is 1.81 bits per heavy atom. The number of benzene rings is 1. The fourth-order valence-corrected chi connectivity index (χ4v) is 2.95. The van der Waals surface area contributed by atoms with Gasteiger partial charge < -0.3 is 10.6 Å². The van der Waals surface area contributed by atoms with E-state index in [1.54, 1.807) is 6.20 Å².